The molecule has 12 heteroatoms. The van der Waals surface area contributed by atoms with Gasteiger partial charge in [-0.15, -0.1) is 32.9 Å². The SMILES string of the molecule is O=C(Nc1nnc(C(F)(F)F)s1)c1cc2c(nc3sccn32)s1. The van der Waals surface area contributed by atoms with Crippen LogP contribution in [0.4, 0.5) is 18.3 Å². The van der Waals surface area contributed by atoms with E-state index in [1.54, 1.807) is 6.07 Å². The molecule has 1 amide bonds. The number of nitrogens with one attached hydrogen (secondary N) is 1. The minimum Gasteiger partial charge on any atom is -0.296 e. The van der Waals surface area contributed by atoms with Crippen molar-refractivity contribution < 1.29 is 18.0 Å². The first-order valence-corrected chi connectivity index (χ1v) is 8.50. The number of fused-ring (bicyclic) bond motifs is 3. The second-order valence-electron chi connectivity index (χ2n) is 4.33. The number of amides is 1. The maximum atomic E-state index is 12.5. The highest BCUT2D eigenvalue weighted by molar-refractivity contribution is 7.21. The van der Waals surface area contributed by atoms with Gasteiger partial charge >= 0.3 is 6.18 Å². The predicted molar refractivity (Wildman–Crippen MR) is 81.3 cm³/mol. The smallest absolute Gasteiger partial charge is 0.296 e. The Hall–Kier alpha value is -2.05. The Morgan fingerprint density at radius 2 is 2.09 bits per heavy atom. The molecule has 0 spiro atoms. The molecule has 0 atom stereocenters. The Morgan fingerprint density at radius 3 is 2.83 bits per heavy atom. The summed E-state index contributed by atoms with van der Waals surface area (Å²) >= 11 is 2.92. The Bertz CT molecular complexity index is 1030. The lowest BCUT2D eigenvalue weighted by atomic mass is 10.4. The highest BCUT2D eigenvalue weighted by atomic mass is 32.1. The fourth-order valence-corrected chi connectivity index (χ4v) is 4.21. The van der Waals surface area contributed by atoms with E-state index in [-0.39, 0.29) is 16.5 Å². The van der Waals surface area contributed by atoms with Crippen LogP contribution in [0.5, 0.6) is 0 Å². The lowest BCUT2D eigenvalue weighted by Gasteiger charge is -1.98. The topological polar surface area (TPSA) is 72.2 Å². The van der Waals surface area contributed by atoms with Crippen molar-refractivity contribution in [3.05, 3.63) is 27.5 Å². The number of halogens is 3. The number of nitrogens with zero attached hydrogens (tertiary/aromatic N) is 4. The van der Waals surface area contributed by atoms with Gasteiger partial charge in [0.1, 0.15) is 4.83 Å². The summed E-state index contributed by atoms with van der Waals surface area (Å²) in [5, 5.41) is 9.25. The molecule has 4 rings (SSSR count). The van der Waals surface area contributed by atoms with Gasteiger partial charge < -0.3 is 0 Å². The average molecular weight is 375 g/mol. The molecule has 0 unspecified atom stereocenters. The first-order valence-electron chi connectivity index (χ1n) is 5.99. The molecule has 4 aromatic rings. The molecular formula is C11H4F3N5OS3. The van der Waals surface area contributed by atoms with Gasteiger partial charge in [0, 0.05) is 11.6 Å². The number of hydrogen-bond acceptors (Lipinski definition) is 7. The summed E-state index contributed by atoms with van der Waals surface area (Å²) in [7, 11) is 0. The molecule has 0 aliphatic rings. The zero-order chi connectivity index (χ0) is 16.2. The van der Waals surface area contributed by atoms with Gasteiger partial charge in [-0.1, -0.05) is 11.3 Å². The summed E-state index contributed by atoms with van der Waals surface area (Å²) in [6, 6.07) is 1.65. The van der Waals surface area contributed by atoms with Crippen molar-refractivity contribution in [3.8, 4) is 0 Å². The van der Waals surface area contributed by atoms with Gasteiger partial charge in [-0.2, -0.15) is 13.2 Å². The molecule has 118 valence electrons. The van der Waals surface area contributed by atoms with Crippen LogP contribution in [0.2, 0.25) is 0 Å². The van der Waals surface area contributed by atoms with Gasteiger partial charge in [0.2, 0.25) is 10.1 Å². The quantitative estimate of drug-likeness (QED) is 0.579. The molecule has 0 saturated heterocycles. The largest absolute Gasteiger partial charge is 0.445 e. The molecule has 23 heavy (non-hydrogen) atoms. The molecule has 4 heterocycles. The maximum Gasteiger partial charge on any atom is 0.445 e. The molecule has 0 radical (unpaired) electrons. The summed E-state index contributed by atoms with van der Waals surface area (Å²) in [6.07, 6.45) is -2.74. The molecule has 0 bridgehead atoms. The minimum absolute atomic E-state index is 0.198. The van der Waals surface area contributed by atoms with Crippen LogP contribution in [-0.2, 0) is 6.18 Å². The van der Waals surface area contributed by atoms with Crippen molar-refractivity contribution in [1.82, 2.24) is 19.6 Å². The molecule has 0 aliphatic carbocycles. The van der Waals surface area contributed by atoms with Crippen molar-refractivity contribution in [2.45, 2.75) is 6.18 Å². The fraction of sp³-hybridized carbons (Fsp3) is 0.0909. The molecule has 0 aromatic carbocycles. The molecule has 6 nitrogen and oxygen atoms in total. The minimum atomic E-state index is -4.57. The van der Waals surface area contributed by atoms with Crippen LogP contribution in [0.3, 0.4) is 0 Å². The maximum absolute atomic E-state index is 12.5. The van der Waals surface area contributed by atoms with E-state index in [1.165, 1.54) is 11.3 Å². The summed E-state index contributed by atoms with van der Waals surface area (Å²) in [5.41, 5.74) is 0.782. The van der Waals surface area contributed by atoms with Gasteiger partial charge in [0.05, 0.1) is 10.4 Å². The van der Waals surface area contributed by atoms with Gasteiger partial charge in [-0.25, -0.2) is 4.98 Å². The fourth-order valence-electron chi connectivity index (χ4n) is 1.91. The highest BCUT2D eigenvalue weighted by Crippen LogP contribution is 2.33. The van der Waals surface area contributed by atoms with Crippen LogP contribution >= 0.6 is 34.0 Å². The van der Waals surface area contributed by atoms with Crippen molar-refractivity contribution in [1.29, 1.82) is 0 Å². The number of imidazole rings is 1. The first-order chi connectivity index (χ1) is 10.9. The van der Waals surface area contributed by atoms with E-state index in [1.807, 2.05) is 16.0 Å². The van der Waals surface area contributed by atoms with Gasteiger partial charge in [0.15, 0.2) is 4.96 Å². The summed E-state index contributed by atoms with van der Waals surface area (Å²) in [4.78, 5) is 18.4. The van der Waals surface area contributed by atoms with Gasteiger partial charge in [-0.3, -0.25) is 14.5 Å². The third kappa shape index (κ3) is 2.48. The Morgan fingerprint density at radius 1 is 1.26 bits per heavy atom. The van der Waals surface area contributed by atoms with Crippen LogP contribution in [0.15, 0.2) is 17.6 Å². The number of rotatable bonds is 2. The monoisotopic (exact) mass is 375 g/mol. The third-order valence-electron chi connectivity index (χ3n) is 2.85. The zero-order valence-corrected chi connectivity index (χ0v) is 13.2. The van der Waals surface area contributed by atoms with E-state index >= 15 is 0 Å². The average Bonchev–Trinajstić information content (AvgIpc) is 3.16. The number of carbonyl (C=O) groups excluding carboxylic acids is 1. The van der Waals surface area contributed by atoms with E-state index < -0.39 is 17.1 Å². The number of hydrogen-bond donors (Lipinski definition) is 1. The number of alkyl halides is 3. The number of thiophene rings is 1. The molecule has 0 saturated carbocycles. The zero-order valence-electron chi connectivity index (χ0n) is 10.8. The summed E-state index contributed by atoms with van der Waals surface area (Å²) < 4.78 is 39.2. The lowest BCUT2D eigenvalue weighted by molar-refractivity contribution is -0.138. The predicted octanol–water partition coefficient (Wildman–Crippen LogP) is 3.73. The second-order valence-corrected chi connectivity index (χ2v) is 7.21. The van der Waals surface area contributed by atoms with Gasteiger partial charge in [-0.05, 0) is 6.07 Å². The molecule has 0 fully saturated rings. The molecule has 4 aromatic heterocycles. The number of aromatic nitrogens is 4. The Kier molecular flexibility index (Phi) is 3.14. The number of thiazole rings is 1. The van der Waals surface area contributed by atoms with Crippen LogP contribution in [0, 0.1) is 0 Å². The summed E-state index contributed by atoms with van der Waals surface area (Å²) in [5.74, 6) is -0.540. The van der Waals surface area contributed by atoms with E-state index in [2.05, 4.69) is 20.5 Å². The normalized spacial score (nSPS) is 12.3. The van der Waals surface area contributed by atoms with Crippen molar-refractivity contribution in [2.75, 3.05) is 5.32 Å². The standard InChI is InChI=1S/C11H4F3N5OS3/c12-11(13,14)8-17-18-9(23-8)15-6(20)5-3-4-7(22-5)16-10-19(4)1-2-21-10/h1-3H,(H,15,18,20). The lowest BCUT2D eigenvalue weighted by Crippen LogP contribution is -2.09. The van der Waals surface area contributed by atoms with Crippen molar-refractivity contribution >= 4 is 60.4 Å². The molecule has 0 aliphatic heterocycles. The van der Waals surface area contributed by atoms with Crippen LogP contribution in [0.25, 0.3) is 15.3 Å². The molecular weight excluding hydrogens is 371 g/mol. The number of anilines is 1. The van der Waals surface area contributed by atoms with Crippen molar-refractivity contribution in [2.24, 2.45) is 0 Å². The molecule has 1 N–H and O–H groups in total. The Labute approximate surface area is 137 Å². The van der Waals surface area contributed by atoms with E-state index in [9.17, 15) is 18.0 Å². The van der Waals surface area contributed by atoms with E-state index in [0.29, 0.717) is 9.71 Å². The van der Waals surface area contributed by atoms with E-state index in [0.717, 1.165) is 21.8 Å². The van der Waals surface area contributed by atoms with Crippen LogP contribution in [0.1, 0.15) is 14.7 Å². The van der Waals surface area contributed by atoms with E-state index in [4.69, 9.17) is 0 Å². The van der Waals surface area contributed by atoms with Crippen LogP contribution in [-0.4, -0.2) is 25.5 Å². The Balaban J connectivity index is 1.61. The van der Waals surface area contributed by atoms with Crippen LogP contribution < -0.4 is 5.32 Å². The number of carbonyl (C=O) groups is 1. The second kappa shape index (κ2) is 4.97. The first kappa shape index (κ1) is 14.5. The van der Waals surface area contributed by atoms with Crippen molar-refractivity contribution in [3.63, 3.8) is 0 Å². The third-order valence-corrected chi connectivity index (χ3v) is 5.51. The summed E-state index contributed by atoms with van der Waals surface area (Å²) in [6.45, 7) is 0. The highest BCUT2D eigenvalue weighted by Gasteiger charge is 2.35. The van der Waals surface area contributed by atoms with Gasteiger partial charge in [0.25, 0.3) is 5.91 Å².